The van der Waals surface area contributed by atoms with E-state index in [0.717, 1.165) is 5.56 Å². The summed E-state index contributed by atoms with van der Waals surface area (Å²) in [6, 6.07) is 14.2. The Balaban J connectivity index is 1.64. The molecule has 0 aliphatic heterocycles. The van der Waals surface area contributed by atoms with Crippen LogP contribution in [0.15, 0.2) is 64.1 Å². The molecule has 7 nitrogen and oxygen atoms in total. The summed E-state index contributed by atoms with van der Waals surface area (Å²) in [4.78, 5) is 22.3. The maximum Gasteiger partial charge on any atom is 0.270 e. The van der Waals surface area contributed by atoms with E-state index in [4.69, 9.17) is 27.6 Å². The number of benzene rings is 2. The van der Waals surface area contributed by atoms with Crippen molar-refractivity contribution in [2.45, 2.75) is 6.42 Å². The highest BCUT2D eigenvalue weighted by Gasteiger charge is 2.14. The van der Waals surface area contributed by atoms with E-state index in [1.807, 2.05) is 0 Å². The lowest BCUT2D eigenvalue weighted by atomic mass is 10.1. The zero-order chi connectivity index (χ0) is 20.1. The summed E-state index contributed by atoms with van der Waals surface area (Å²) in [5.74, 6) is 0.402. The molecule has 142 valence electrons. The molecule has 0 saturated heterocycles. The summed E-state index contributed by atoms with van der Waals surface area (Å²) in [7, 11) is 0. The van der Waals surface area contributed by atoms with Crippen LogP contribution in [0.4, 0.5) is 5.69 Å². The topological polar surface area (TPSA) is 97.7 Å². The Kier molecular flexibility index (Phi) is 6.08. The number of rotatable bonds is 6. The van der Waals surface area contributed by atoms with Crippen LogP contribution in [0.25, 0.3) is 11.3 Å². The first-order valence-electron chi connectivity index (χ1n) is 8.03. The number of hydrazone groups is 1. The number of nitro benzene ring substituents is 1. The average Bonchev–Trinajstić information content (AvgIpc) is 3.12. The molecule has 0 aliphatic carbocycles. The third-order valence-corrected chi connectivity index (χ3v) is 4.29. The Hall–Kier alpha value is -3.16. The number of amides is 1. The predicted molar refractivity (Wildman–Crippen MR) is 107 cm³/mol. The van der Waals surface area contributed by atoms with Gasteiger partial charge in [0.15, 0.2) is 0 Å². The van der Waals surface area contributed by atoms with Crippen LogP contribution in [0, 0.1) is 10.1 Å². The van der Waals surface area contributed by atoms with E-state index < -0.39 is 4.92 Å². The summed E-state index contributed by atoms with van der Waals surface area (Å²) in [5, 5.41) is 15.7. The minimum atomic E-state index is -0.513. The normalized spacial score (nSPS) is 10.9. The fourth-order valence-electron chi connectivity index (χ4n) is 2.38. The van der Waals surface area contributed by atoms with Gasteiger partial charge in [0.2, 0.25) is 5.91 Å². The van der Waals surface area contributed by atoms with E-state index in [1.165, 1.54) is 24.4 Å². The van der Waals surface area contributed by atoms with E-state index in [2.05, 4.69) is 10.5 Å². The van der Waals surface area contributed by atoms with Gasteiger partial charge in [0, 0.05) is 22.7 Å². The van der Waals surface area contributed by atoms with Gasteiger partial charge in [0.05, 0.1) is 22.6 Å². The molecular formula is C19H13Cl2N3O4. The van der Waals surface area contributed by atoms with Crippen molar-refractivity contribution in [1.82, 2.24) is 5.43 Å². The number of non-ortho nitro benzene ring substituents is 1. The van der Waals surface area contributed by atoms with Gasteiger partial charge >= 0.3 is 0 Å². The number of carbonyl (C=O) groups excluding carboxylic acids is 1. The van der Waals surface area contributed by atoms with E-state index in [1.54, 1.807) is 36.4 Å². The second kappa shape index (κ2) is 8.69. The number of hydrogen-bond donors (Lipinski definition) is 1. The first kappa shape index (κ1) is 19.6. The van der Waals surface area contributed by atoms with Crippen LogP contribution in [-0.4, -0.2) is 17.0 Å². The highest BCUT2D eigenvalue weighted by molar-refractivity contribution is 6.33. The monoisotopic (exact) mass is 417 g/mol. The molecule has 1 amide bonds. The first-order chi connectivity index (χ1) is 13.4. The Bertz CT molecular complexity index is 1050. The van der Waals surface area contributed by atoms with Crippen molar-refractivity contribution in [3.05, 3.63) is 86.1 Å². The zero-order valence-electron chi connectivity index (χ0n) is 14.3. The summed E-state index contributed by atoms with van der Waals surface area (Å²) in [6.07, 6.45) is 1.48. The lowest BCUT2D eigenvalue weighted by Gasteiger charge is -2.01. The fourth-order valence-corrected chi connectivity index (χ4v) is 2.71. The standard InChI is InChI=1S/C19H13Cl2N3O4/c20-13-3-1-12(2-4-13)9-19(25)23-22-11-15-6-8-18(28-15)16-10-14(24(26)27)5-7-17(16)21/h1-8,10-11H,9H2,(H,23,25). The quantitative estimate of drug-likeness (QED) is 0.351. The van der Waals surface area contributed by atoms with E-state index >= 15 is 0 Å². The zero-order valence-corrected chi connectivity index (χ0v) is 15.8. The molecule has 9 heteroatoms. The Morgan fingerprint density at radius 3 is 2.61 bits per heavy atom. The van der Waals surface area contributed by atoms with E-state index in [-0.39, 0.29) is 18.0 Å². The molecule has 0 saturated carbocycles. The van der Waals surface area contributed by atoms with Crippen molar-refractivity contribution >= 4 is 41.0 Å². The molecular weight excluding hydrogens is 405 g/mol. The second-order valence-electron chi connectivity index (χ2n) is 5.72. The lowest BCUT2D eigenvalue weighted by molar-refractivity contribution is -0.384. The van der Waals surface area contributed by atoms with Gasteiger partial charge in [-0.1, -0.05) is 35.3 Å². The summed E-state index contributed by atoms with van der Waals surface area (Å²) >= 11 is 11.9. The minimum absolute atomic E-state index is 0.0968. The van der Waals surface area contributed by atoms with Crippen LogP contribution in [-0.2, 0) is 11.2 Å². The van der Waals surface area contributed by atoms with Crippen LogP contribution >= 0.6 is 23.2 Å². The summed E-state index contributed by atoms with van der Waals surface area (Å²) in [5.41, 5.74) is 3.50. The van der Waals surface area contributed by atoms with Gasteiger partial charge in [-0.15, -0.1) is 0 Å². The van der Waals surface area contributed by atoms with Crippen molar-refractivity contribution < 1.29 is 14.1 Å². The number of nitrogens with one attached hydrogen (secondary N) is 1. The molecule has 1 heterocycles. The lowest BCUT2D eigenvalue weighted by Crippen LogP contribution is -2.19. The Morgan fingerprint density at radius 1 is 1.14 bits per heavy atom. The molecule has 3 rings (SSSR count). The largest absolute Gasteiger partial charge is 0.455 e. The molecule has 0 unspecified atom stereocenters. The maximum atomic E-state index is 11.9. The van der Waals surface area contributed by atoms with Gasteiger partial charge in [-0.2, -0.15) is 5.10 Å². The molecule has 1 aromatic heterocycles. The average molecular weight is 418 g/mol. The third-order valence-electron chi connectivity index (χ3n) is 3.71. The highest BCUT2D eigenvalue weighted by atomic mass is 35.5. The van der Waals surface area contributed by atoms with Crippen LogP contribution in [0.3, 0.4) is 0 Å². The van der Waals surface area contributed by atoms with Gasteiger partial charge in [0.25, 0.3) is 5.69 Å². The molecule has 28 heavy (non-hydrogen) atoms. The van der Waals surface area contributed by atoms with Crippen molar-refractivity contribution in [3.63, 3.8) is 0 Å². The van der Waals surface area contributed by atoms with Crippen molar-refractivity contribution in [1.29, 1.82) is 0 Å². The van der Waals surface area contributed by atoms with Crippen molar-refractivity contribution in [3.8, 4) is 11.3 Å². The molecule has 0 atom stereocenters. The molecule has 0 aliphatic rings. The second-order valence-corrected chi connectivity index (χ2v) is 6.56. The van der Waals surface area contributed by atoms with Crippen LogP contribution in [0.1, 0.15) is 11.3 Å². The Labute approximate surface area is 169 Å². The van der Waals surface area contributed by atoms with Gasteiger partial charge in [-0.25, -0.2) is 5.43 Å². The molecule has 2 aromatic carbocycles. The van der Waals surface area contributed by atoms with Gasteiger partial charge in [-0.05, 0) is 35.9 Å². The van der Waals surface area contributed by atoms with Crippen molar-refractivity contribution in [2.75, 3.05) is 0 Å². The number of nitrogens with zero attached hydrogens (tertiary/aromatic N) is 2. The predicted octanol–water partition coefficient (Wildman–Crippen LogP) is 4.85. The maximum absolute atomic E-state index is 11.9. The first-order valence-corrected chi connectivity index (χ1v) is 8.78. The number of hydrogen-bond acceptors (Lipinski definition) is 5. The molecule has 0 radical (unpaired) electrons. The smallest absolute Gasteiger partial charge is 0.270 e. The molecule has 0 bridgehead atoms. The van der Waals surface area contributed by atoms with Crippen LogP contribution in [0.5, 0.6) is 0 Å². The summed E-state index contributed by atoms with van der Waals surface area (Å²) in [6.45, 7) is 0. The van der Waals surface area contributed by atoms with E-state index in [0.29, 0.717) is 27.1 Å². The van der Waals surface area contributed by atoms with Crippen LogP contribution in [0.2, 0.25) is 10.0 Å². The van der Waals surface area contributed by atoms with Crippen molar-refractivity contribution in [2.24, 2.45) is 5.10 Å². The summed E-state index contributed by atoms with van der Waals surface area (Å²) < 4.78 is 5.58. The Morgan fingerprint density at radius 2 is 1.89 bits per heavy atom. The van der Waals surface area contributed by atoms with Crippen LogP contribution < -0.4 is 5.43 Å². The molecule has 3 aromatic rings. The molecule has 0 spiro atoms. The fraction of sp³-hybridized carbons (Fsp3) is 0.0526. The van der Waals surface area contributed by atoms with Gasteiger partial charge in [0.1, 0.15) is 11.5 Å². The number of nitro groups is 1. The van der Waals surface area contributed by atoms with Gasteiger partial charge < -0.3 is 4.42 Å². The number of carbonyl (C=O) groups is 1. The number of furan rings is 1. The molecule has 0 fully saturated rings. The minimum Gasteiger partial charge on any atom is -0.455 e. The van der Waals surface area contributed by atoms with Gasteiger partial charge in [-0.3, -0.25) is 14.9 Å². The highest BCUT2D eigenvalue weighted by Crippen LogP contribution is 2.32. The SMILES string of the molecule is O=C(Cc1ccc(Cl)cc1)NN=Cc1ccc(-c2cc([N+](=O)[O-])ccc2Cl)o1. The number of halogens is 2. The molecule has 1 N–H and O–H groups in total. The van der Waals surface area contributed by atoms with E-state index in [9.17, 15) is 14.9 Å². The third kappa shape index (κ3) is 4.97.